The van der Waals surface area contributed by atoms with Crippen LogP contribution in [0.15, 0.2) is 40.9 Å². The maximum atomic E-state index is 11.3. The van der Waals surface area contributed by atoms with Crippen LogP contribution in [0.1, 0.15) is 15.9 Å². The molecule has 0 fully saturated rings. The summed E-state index contributed by atoms with van der Waals surface area (Å²) in [6.45, 7) is 0.699. The zero-order valence-corrected chi connectivity index (χ0v) is 11.6. The van der Waals surface area contributed by atoms with Crippen LogP contribution in [-0.2, 0) is 6.42 Å². The lowest BCUT2D eigenvalue weighted by Crippen LogP contribution is -1.99. The van der Waals surface area contributed by atoms with Crippen LogP contribution in [0.2, 0.25) is 0 Å². The van der Waals surface area contributed by atoms with E-state index in [2.05, 4.69) is 15.9 Å². The highest BCUT2D eigenvalue weighted by molar-refractivity contribution is 9.10. The van der Waals surface area contributed by atoms with E-state index in [1.165, 1.54) is 0 Å². The molecule has 0 saturated heterocycles. The van der Waals surface area contributed by atoms with Crippen LogP contribution in [0.4, 0.5) is 0 Å². The molecular formula is C15H11BrO3. The summed E-state index contributed by atoms with van der Waals surface area (Å²) in [6, 6.07) is 11.1. The smallest absolute Gasteiger partial charge is 0.336 e. The molecule has 1 N–H and O–H groups in total. The molecule has 0 amide bonds. The molecule has 19 heavy (non-hydrogen) atoms. The number of hydrogen-bond donors (Lipinski definition) is 1. The number of carboxylic acid groups (broad SMARTS) is 1. The van der Waals surface area contributed by atoms with E-state index in [0.29, 0.717) is 12.2 Å². The molecule has 2 aromatic rings. The number of benzene rings is 2. The zero-order chi connectivity index (χ0) is 13.4. The van der Waals surface area contributed by atoms with E-state index in [4.69, 9.17) is 4.74 Å². The van der Waals surface area contributed by atoms with Crippen LogP contribution in [0, 0.1) is 0 Å². The maximum absolute atomic E-state index is 11.3. The Hall–Kier alpha value is -1.81. The minimum absolute atomic E-state index is 0.299. The van der Waals surface area contributed by atoms with Gasteiger partial charge in [0.25, 0.3) is 0 Å². The van der Waals surface area contributed by atoms with Crippen molar-refractivity contribution in [3.8, 4) is 16.9 Å². The minimum Gasteiger partial charge on any atom is -0.493 e. The summed E-state index contributed by atoms with van der Waals surface area (Å²) >= 11 is 3.30. The minimum atomic E-state index is -0.923. The summed E-state index contributed by atoms with van der Waals surface area (Å²) in [4.78, 5) is 11.3. The highest BCUT2D eigenvalue weighted by Crippen LogP contribution is 2.33. The number of ether oxygens (including phenoxy) is 1. The number of carboxylic acids is 1. The quantitative estimate of drug-likeness (QED) is 0.917. The Kier molecular flexibility index (Phi) is 3.03. The van der Waals surface area contributed by atoms with Gasteiger partial charge in [-0.2, -0.15) is 0 Å². The molecule has 0 spiro atoms. The summed E-state index contributed by atoms with van der Waals surface area (Å²) in [5.41, 5.74) is 3.07. The third-order valence-corrected chi connectivity index (χ3v) is 3.71. The van der Waals surface area contributed by atoms with Crippen LogP contribution in [0.25, 0.3) is 11.1 Å². The SMILES string of the molecule is O=C(O)c1cc(Br)ccc1-c1ccc2c(c1)CCO2. The number of aromatic carboxylic acids is 1. The van der Waals surface area contributed by atoms with Gasteiger partial charge < -0.3 is 9.84 Å². The zero-order valence-electron chi connectivity index (χ0n) is 10.0. The topological polar surface area (TPSA) is 46.5 Å². The van der Waals surface area contributed by atoms with Crippen LogP contribution in [0.3, 0.4) is 0 Å². The summed E-state index contributed by atoms with van der Waals surface area (Å²) < 4.78 is 6.22. The largest absolute Gasteiger partial charge is 0.493 e. The molecule has 0 aromatic heterocycles. The summed E-state index contributed by atoms with van der Waals surface area (Å²) in [6.07, 6.45) is 0.877. The van der Waals surface area contributed by atoms with E-state index in [0.717, 1.165) is 33.3 Å². The predicted octanol–water partition coefficient (Wildman–Crippen LogP) is 3.75. The van der Waals surface area contributed by atoms with Gasteiger partial charge >= 0.3 is 5.97 Å². The molecule has 1 heterocycles. The van der Waals surface area contributed by atoms with E-state index in [9.17, 15) is 9.90 Å². The average Bonchev–Trinajstić information content (AvgIpc) is 2.85. The monoisotopic (exact) mass is 318 g/mol. The Morgan fingerprint density at radius 2 is 2.05 bits per heavy atom. The molecule has 0 aliphatic carbocycles. The second-order valence-corrected chi connectivity index (χ2v) is 5.33. The number of rotatable bonds is 2. The first-order valence-electron chi connectivity index (χ1n) is 5.94. The van der Waals surface area contributed by atoms with Crippen LogP contribution in [0.5, 0.6) is 5.75 Å². The fourth-order valence-corrected chi connectivity index (χ4v) is 2.66. The van der Waals surface area contributed by atoms with E-state index in [1.54, 1.807) is 6.07 Å². The van der Waals surface area contributed by atoms with Crippen molar-refractivity contribution in [2.75, 3.05) is 6.61 Å². The molecule has 0 radical (unpaired) electrons. The van der Waals surface area contributed by atoms with Gasteiger partial charge in [-0.3, -0.25) is 0 Å². The Morgan fingerprint density at radius 3 is 2.84 bits per heavy atom. The Labute approximate surface area is 119 Å². The second kappa shape index (κ2) is 4.70. The van der Waals surface area contributed by atoms with Gasteiger partial charge in [0.2, 0.25) is 0 Å². The van der Waals surface area contributed by atoms with Crippen molar-refractivity contribution in [1.29, 1.82) is 0 Å². The Morgan fingerprint density at radius 1 is 1.21 bits per heavy atom. The summed E-state index contributed by atoms with van der Waals surface area (Å²) in [7, 11) is 0. The number of hydrogen-bond acceptors (Lipinski definition) is 2. The number of carbonyl (C=O) groups is 1. The molecule has 3 nitrogen and oxygen atoms in total. The van der Waals surface area contributed by atoms with Gasteiger partial charge in [-0.05, 0) is 41.0 Å². The van der Waals surface area contributed by atoms with Crippen LogP contribution in [-0.4, -0.2) is 17.7 Å². The molecule has 0 atom stereocenters. The van der Waals surface area contributed by atoms with E-state index in [1.807, 2.05) is 30.3 Å². The van der Waals surface area contributed by atoms with Gasteiger partial charge in [-0.15, -0.1) is 0 Å². The van der Waals surface area contributed by atoms with Crippen molar-refractivity contribution >= 4 is 21.9 Å². The average molecular weight is 319 g/mol. The first-order valence-corrected chi connectivity index (χ1v) is 6.73. The summed E-state index contributed by atoms with van der Waals surface area (Å²) in [5, 5.41) is 9.30. The van der Waals surface area contributed by atoms with E-state index < -0.39 is 5.97 Å². The molecule has 1 aliphatic rings. The molecule has 1 aliphatic heterocycles. The molecule has 3 rings (SSSR count). The normalized spacial score (nSPS) is 12.9. The number of halogens is 1. The Bertz CT molecular complexity index is 664. The first-order chi connectivity index (χ1) is 9.15. The van der Waals surface area contributed by atoms with Crippen molar-refractivity contribution < 1.29 is 14.6 Å². The van der Waals surface area contributed by atoms with Crippen molar-refractivity contribution in [3.63, 3.8) is 0 Å². The van der Waals surface area contributed by atoms with Gasteiger partial charge in [0, 0.05) is 10.9 Å². The third-order valence-electron chi connectivity index (χ3n) is 3.21. The van der Waals surface area contributed by atoms with Gasteiger partial charge in [0.05, 0.1) is 12.2 Å². The highest BCUT2D eigenvalue weighted by atomic mass is 79.9. The fraction of sp³-hybridized carbons (Fsp3) is 0.133. The molecule has 96 valence electrons. The standard InChI is InChI=1S/C15H11BrO3/c16-11-2-3-12(13(8-11)15(17)18)9-1-4-14-10(7-9)5-6-19-14/h1-4,7-8H,5-6H2,(H,17,18). The summed E-state index contributed by atoms with van der Waals surface area (Å²) in [5.74, 6) is -0.0224. The fourth-order valence-electron chi connectivity index (χ4n) is 2.30. The number of fused-ring (bicyclic) bond motifs is 1. The Balaban J connectivity index is 2.14. The highest BCUT2D eigenvalue weighted by Gasteiger charge is 2.16. The van der Waals surface area contributed by atoms with Crippen molar-refractivity contribution in [3.05, 3.63) is 52.0 Å². The van der Waals surface area contributed by atoms with Crippen molar-refractivity contribution in [2.24, 2.45) is 0 Å². The second-order valence-electron chi connectivity index (χ2n) is 4.42. The van der Waals surface area contributed by atoms with E-state index in [-0.39, 0.29) is 0 Å². The van der Waals surface area contributed by atoms with Crippen LogP contribution >= 0.6 is 15.9 Å². The molecule has 0 unspecified atom stereocenters. The van der Waals surface area contributed by atoms with Gasteiger partial charge in [0.1, 0.15) is 5.75 Å². The molecular weight excluding hydrogens is 308 g/mol. The lowest BCUT2D eigenvalue weighted by atomic mass is 9.97. The lowest BCUT2D eigenvalue weighted by Gasteiger charge is -2.08. The van der Waals surface area contributed by atoms with Gasteiger partial charge in [-0.25, -0.2) is 4.79 Å². The van der Waals surface area contributed by atoms with Crippen molar-refractivity contribution in [2.45, 2.75) is 6.42 Å². The molecule has 4 heteroatoms. The van der Waals surface area contributed by atoms with Crippen molar-refractivity contribution in [1.82, 2.24) is 0 Å². The third kappa shape index (κ3) is 2.24. The van der Waals surface area contributed by atoms with E-state index >= 15 is 0 Å². The predicted molar refractivity (Wildman–Crippen MR) is 75.7 cm³/mol. The molecule has 0 saturated carbocycles. The van der Waals surface area contributed by atoms with Gasteiger partial charge in [0.15, 0.2) is 0 Å². The van der Waals surface area contributed by atoms with Crippen LogP contribution < -0.4 is 4.74 Å². The van der Waals surface area contributed by atoms with Gasteiger partial charge in [-0.1, -0.05) is 28.1 Å². The molecule has 0 bridgehead atoms. The molecule has 2 aromatic carbocycles. The maximum Gasteiger partial charge on any atom is 0.336 e. The lowest BCUT2D eigenvalue weighted by molar-refractivity contribution is 0.0697. The first kappa shape index (κ1) is 12.2.